The van der Waals surface area contributed by atoms with E-state index in [1.807, 2.05) is 37.3 Å². The van der Waals surface area contributed by atoms with Crippen molar-refractivity contribution in [1.29, 1.82) is 0 Å². The zero-order valence-electron chi connectivity index (χ0n) is 19.1. The molecule has 0 fully saturated rings. The molecule has 1 heterocycles. The molecule has 0 radical (unpaired) electrons. The summed E-state index contributed by atoms with van der Waals surface area (Å²) in [5, 5.41) is 3.38. The minimum Gasteiger partial charge on any atom is -0.359 e. The normalized spacial score (nSPS) is 10.8. The zero-order chi connectivity index (χ0) is 23.2. The van der Waals surface area contributed by atoms with Gasteiger partial charge in [0.15, 0.2) is 0 Å². The highest BCUT2D eigenvalue weighted by Crippen LogP contribution is 2.31. The lowest BCUT2D eigenvalue weighted by molar-refractivity contribution is 0.629. The van der Waals surface area contributed by atoms with Crippen molar-refractivity contribution in [2.75, 3.05) is 5.32 Å². The summed E-state index contributed by atoms with van der Waals surface area (Å²) in [5.74, 6) is -0.297. The summed E-state index contributed by atoms with van der Waals surface area (Å²) in [6.45, 7) is 8.24. The zero-order valence-corrected chi connectivity index (χ0v) is 19.1. The summed E-state index contributed by atoms with van der Waals surface area (Å²) in [7, 11) is 0. The Morgan fingerprint density at radius 1 is 0.879 bits per heavy atom. The fourth-order valence-corrected chi connectivity index (χ4v) is 3.88. The van der Waals surface area contributed by atoms with Gasteiger partial charge in [-0.25, -0.2) is 4.39 Å². The summed E-state index contributed by atoms with van der Waals surface area (Å²) in [4.78, 5) is 8.91. The monoisotopic (exact) mass is 437 g/mol. The first kappa shape index (κ1) is 22.4. The van der Waals surface area contributed by atoms with Crippen molar-refractivity contribution in [3.05, 3.63) is 114 Å². The summed E-state index contributed by atoms with van der Waals surface area (Å²) in [5.41, 5.74) is 7.84. The van der Waals surface area contributed by atoms with Crippen molar-refractivity contribution in [2.45, 2.75) is 33.1 Å². The van der Waals surface area contributed by atoms with E-state index in [4.69, 9.17) is 0 Å². The number of benzene rings is 3. The Balaban J connectivity index is 1.48. The van der Waals surface area contributed by atoms with E-state index in [-0.39, 0.29) is 5.82 Å². The highest BCUT2D eigenvalue weighted by atomic mass is 19.1. The van der Waals surface area contributed by atoms with Crippen LogP contribution in [-0.4, -0.2) is 9.97 Å². The van der Waals surface area contributed by atoms with Gasteiger partial charge in [-0.2, -0.15) is 0 Å². The average molecular weight is 438 g/mol. The average Bonchev–Trinajstić information content (AvgIpc) is 2.81. The second-order valence-corrected chi connectivity index (χ2v) is 8.29. The van der Waals surface area contributed by atoms with Crippen molar-refractivity contribution in [1.82, 2.24) is 9.97 Å². The van der Waals surface area contributed by atoms with E-state index in [9.17, 15) is 4.39 Å². The third-order valence-corrected chi connectivity index (χ3v) is 5.54. The fraction of sp³-hybridized carbons (Fsp3) is 0.172. The molecule has 0 bridgehead atoms. The molecule has 0 unspecified atom stereocenters. The fourth-order valence-electron chi connectivity index (χ4n) is 3.88. The van der Waals surface area contributed by atoms with Gasteiger partial charge in [-0.3, -0.25) is 9.97 Å². The molecule has 0 aliphatic rings. The number of nitrogens with one attached hydrogen (secondary N) is 1. The van der Waals surface area contributed by atoms with Crippen LogP contribution in [0.15, 0.2) is 91.4 Å². The molecular formula is C29H28FN3. The Bertz CT molecular complexity index is 1240. The molecular weight excluding hydrogens is 409 g/mol. The molecule has 0 saturated heterocycles. The Hall–Kier alpha value is -3.79. The van der Waals surface area contributed by atoms with Gasteiger partial charge in [0.25, 0.3) is 0 Å². The van der Waals surface area contributed by atoms with E-state index in [1.165, 1.54) is 17.2 Å². The van der Waals surface area contributed by atoms with Crippen molar-refractivity contribution in [3.8, 4) is 22.5 Å². The Morgan fingerprint density at radius 2 is 1.55 bits per heavy atom. The van der Waals surface area contributed by atoms with Gasteiger partial charge < -0.3 is 5.32 Å². The van der Waals surface area contributed by atoms with Crippen LogP contribution in [0.1, 0.15) is 30.0 Å². The van der Waals surface area contributed by atoms with Crippen LogP contribution in [0.4, 0.5) is 10.1 Å². The van der Waals surface area contributed by atoms with Crippen LogP contribution in [0.3, 0.4) is 0 Å². The quantitative estimate of drug-likeness (QED) is 0.312. The third-order valence-electron chi connectivity index (χ3n) is 5.54. The Morgan fingerprint density at radius 3 is 2.21 bits per heavy atom. The smallest absolute Gasteiger partial charge is 0.132 e. The van der Waals surface area contributed by atoms with Gasteiger partial charge in [-0.1, -0.05) is 62.4 Å². The lowest BCUT2D eigenvalue weighted by Crippen LogP contribution is -2.02. The second kappa shape index (κ2) is 10.2. The predicted octanol–water partition coefficient (Wildman–Crippen LogP) is 7.38. The summed E-state index contributed by atoms with van der Waals surface area (Å²) in [6, 6.07) is 21.8. The van der Waals surface area contributed by atoms with Gasteiger partial charge in [0.05, 0.1) is 11.4 Å². The van der Waals surface area contributed by atoms with Gasteiger partial charge in [-0.05, 0) is 54.3 Å². The number of rotatable bonds is 8. The molecule has 1 N–H and O–H groups in total. The van der Waals surface area contributed by atoms with E-state index in [2.05, 4.69) is 53.1 Å². The minimum atomic E-state index is -0.297. The van der Waals surface area contributed by atoms with Crippen molar-refractivity contribution in [3.63, 3.8) is 0 Å². The number of aryl methyl sites for hydroxylation is 2. The first-order valence-corrected chi connectivity index (χ1v) is 11.2. The van der Waals surface area contributed by atoms with Gasteiger partial charge in [-0.15, -0.1) is 0 Å². The molecule has 1 aromatic heterocycles. The number of aromatic nitrogens is 2. The van der Waals surface area contributed by atoms with Crippen LogP contribution in [0, 0.1) is 12.7 Å². The summed E-state index contributed by atoms with van der Waals surface area (Å²) in [6.07, 6.45) is 6.24. The maximum absolute atomic E-state index is 14.6. The van der Waals surface area contributed by atoms with Gasteiger partial charge in [0, 0.05) is 41.3 Å². The van der Waals surface area contributed by atoms with Crippen molar-refractivity contribution < 1.29 is 4.39 Å². The molecule has 0 atom stereocenters. The maximum Gasteiger partial charge on any atom is 0.132 e. The lowest BCUT2D eigenvalue weighted by Gasteiger charge is -2.12. The molecule has 0 aliphatic heterocycles. The molecule has 0 aliphatic carbocycles. The molecule has 33 heavy (non-hydrogen) atoms. The second-order valence-electron chi connectivity index (χ2n) is 8.29. The van der Waals surface area contributed by atoms with E-state index < -0.39 is 0 Å². The van der Waals surface area contributed by atoms with Crippen LogP contribution in [0.5, 0.6) is 0 Å². The maximum atomic E-state index is 14.6. The highest BCUT2D eigenvalue weighted by Gasteiger charge is 2.14. The van der Waals surface area contributed by atoms with Gasteiger partial charge in [0.1, 0.15) is 5.82 Å². The topological polar surface area (TPSA) is 37.8 Å². The van der Waals surface area contributed by atoms with Crippen molar-refractivity contribution >= 4 is 5.69 Å². The minimum absolute atomic E-state index is 0.297. The van der Waals surface area contributed by atoms with Crippen LogP contribution < -0.4 is 5.32 Å². The van der Waals surface area contributed by atoms with Crippen LogP contribution >= 0.6 is 0 Å². The third kappa shape index (κ3) is 5.53. The molecule has 3 aromatic carbocycles. The first-order chi connectivity index (χ1) is 16.0. The largest absolute Gasteiger partial charge is 0.359 e. The molecule has 0 saturated carbocycles. The SMILES string of the molecule is C=C(Cc1ccc(CCC)cc1)Nc1ccc(-c2nccnc2-c2ccc(C)cc2F)cc1. The van der Waals surface area contributed by atoms with Gasteiger partial charge in [0.2, 0.25) is 0 Å². The predicted molar refractivity (Wildman–Crippen MR) is 135 cm³/mol. The Labute approximate surface area is 195 Å². The lowest BCUT2D eigenvalue weighted by atomic mass is 10.0. The number of nitrogens with zero attached hydrogens (tertiary/aromatic N) is 2. The number of halogens is 1. The molecule has 0 spiro atoms. The molecule has 4 aromatic rings. The number of hydrogen-bond acceptors (Lipinski definition) is 3. The molecule has 4 heteroatoms. The summed E-state index contributed by atoms with van der Waals surface area (Å²) < 4.78 is 14.6. The van der Waals surface area contributed by atoms with E-state index >= 15 is 0 Å². The number of allylic oxidation sites excluding steroid dienone is 1. The molecule has 3 nitrogen and oxygen atoms in total. The van der Waals surface area contributed by atoms with E-state index in [1.54, 1.807) is 18.5 Å². The molecule has 166 valence electrons. The summed E-state index contributed by atoms with van der Waals surface area (Å²) >= 11 is 0. The number of hydrogen-bond donors (Lipinski definition) is 1. The van der Waals surface area contributed by atoms with Crippen LogP contribution in [-0.2, 0) is 12.8 Å². The standard InChI is InChI=1S/C29H28FN3/c1-4-5-22-7-9-23(10-8-22)19-21(3)33-25-13-11-24(12-14-25)28-29(32-17-16-31-28)26-15-6-20(2)18-27(26)30/h6-18,33H,3-5,19H2,1-2H3. The van der Waals surface area contributed by atoms with E-state index in [0.717, 1.165) is 41.8 Å². The molecule has 0 amide bonds. The van der Waals surface area contributed by atoms with Gasteiger partial charge >= 0.3 is 0 Å². The van der Waals surface area contributed by atoms with Crippen LogP contribution in [0.25, 0.3) is 22.5 Å². The van der Waals surface area contributed by atoms with Crippen molar-refractivity contribution in [2.24, 2.45) is 0 Å². The highest BCUT2D eigenvalue weighted by molar-refractivity contribution is 5.78. The van der Waals surface area contributed by atoms with E-state index in [0.29, 0.717) is 17.0 Å². The number of anilines is 1. The first-order valence-electron chi connectivity index (χ1n) is 11.2. The molecule has 4 rings (SSSR count). The Kier molecular flexibility index (Phi) is 6.94. The van der Waals surface area contributed by atoms with Crippen LogP contribution in [0.2, 0.25) is 0 Å².